The van der Waals surface area contributed by atoms with Crippen molar-refractivity contribution in [3.8, 4) is 5.75 Å². The third-order valence-electron chi connectivity index (χ3n) is 3.33. The van der Waals surface area contributed by atoms with Gasteiger partial charge in [0.15, 0.2) is 0 Å². The van der Waals surface area contributed by atoms with Gasteiger partial charge in [0, 0.05) is 11.4 Å². The molecule has 2 rings (SSSR count). The number of hydrogen-bond donors (Lipinski definition) is 2. The summed E-state index contributed by atoms with van der Waals surface area (Å²) in [6.45, 7) is 4.15. The monoisotopic (exact) mass is 334 g/mol. The van der Waals surface area contributed by atoms with E-state index < -0.39 is 5.97 Å². The maximum Gasteiger partial charge on any atom is 0.335 e. The molecule has 2 N–H and O–H groups in total. The van der Waals surface area contributed by atoms with Crippen LogP contribution in [0.3, 0.4) is 0 Å². The standard InChI is InChI=1S/C16H18N2O4S/c1-9-14(18-10(2)23-9)15(19)17-7-6-11-4-5-12(16(20)21)8-13(11)22-3/h4-5,8H,6-7H2,1-3H3,(H,17,19)(H,20,21). The van der Waals surface area contributed by atoms with Gasteiger partial charge in [-0.15, -0.1) is 11.3 Å². The Labute approximate surface area is 138 Å². The van der Waals surface area contributed by atoms with Crippen LogP contribution in [-0.2, 0) is 6.42 Å². The van der Waals surface area contributed by atoms with E-state index >= 15 is 0 Å². The zero-order valence-electron chi connectivity index (χ0n) is 13.2. The van der Waals surface area contributed by atoms with Crippen LogP contribution in [0, 0.1) is 13.8 Å². The third kappa shape index (κ3) is 4.07. The number of rotatable bonds is 6. The molecule has 7 heteroatoms. The van der Waals surface area contributed by atoms with Gasteiger partial charge in [-0.1, -0.05) is 6.07 Å². The lowest BCUT2D eigenvalue weighted by molar-refractivity contribution is 0.0696. The van der Waals surface area contributed by atoms with Gasteiger partial charge >= 0.3 is 5.97 Å². The fourth-order valence-corrected chi connectivity index (χ4v) is 3.03. The van der Waals surface area contributed by atoms with Crippen molar-refractivity contribution in [1.82, 2.24) is 10.3 Å². The fourth-order valence-electron chi connectivity index (χ4n) is 2.22. The topological polar surface area (TPSA) is 88.5 Å². The highest BCUT2D eigenvalue weighted by Gasteiger charge is 2.14. The minimum atomic E-state index is -1.00. The summed E-state index contributed by atoms with van der Waals surface area (Å²) in [5.74, 6) is -0.703. The van der Waals surface area contributed by atoms with Crippen molar-refractivity contribution in [2.24, 2.45) is 0 Å². The number of benzene rings is 1. The predicted octanol–water partition coefficient (Wildman–Crippen LogP) is 2.44. The lowest BCUT2D eigenvalue weighted by Gasteiger charge is -2.10. The Kier molecular flexibility index (Phi) is 5.33. The van der Waals surface area contributed by atoms with Gasteiger partial charge in [0.05, 0.1) is 17.7 Å². The Bertz CT molecular complexity index is 740. The number of aromatic carboxylic acids is 1. The molecule has 1 heterocycles. The molecule has 0 bridgehead atoms. The number of hydrogen-bond acceptors (Lipinski definition) is 5. The number of nitrogens with one attached hydrogen (secondary N) is 1. The normalized spacial score (nSPS) is 10.4. The second kappa shape index (κ2) is 7.23. The zero-order valence-corrected chi connectivity index (χ0v) is 14.0. The molecule has 6 nitrogen and oxygen atoms in total. The van der Waals surface area contributed by atoms with Gasteiger partial charge < -0.3 is 15.2 Å². The van der Waals surface area contributed by atoms with Crippen LogP contribution in [0.25, 0.3) is 0 Å². The maximum atomic E-state index is 12.1. The number of nitrogens with zero attached hydrogens (tertiary/aromatic N) is 1. The highest BCUT2D eigenvalue weighted by molar-refractivity contribution is 7.11. The lowest BCUT2D eigenvalue weighted by Crippen LogP contribution is -2.26. The average Bonchev–Trinajstić information content (AvgIpc) is 2.85. The molecular formula is C16H18N2O4S. The molecule has 0 aliphatic heterocycles. The second-order valence-corrected chi connectivity index (χ2v) is 6.38. The molecule has 0 aliphatic carbocycles. The molecule has 0 saturated carbocycles. The molecular weight excluding hydrogens is 316 g/mol. The van der Waals surface area contributed by atoms with Crippen LogP contribution in [0.5, 0.6) is 5.75 Å². The van der Waals surface area contributed by atoms with Crippen LogP contribution in [0.4, 0.5) is 0 Å². The Balaban J connectivity index is 2.00. The number of carbonyl (C=O) groups is 2. The maximum absolute atomic E-state index is 12.1. The Morgan fingerprint density at radius 1 is 1.35 bits per heavy atom. The van der Waals surface area contributed by atoms with Crippen molar-refractivity contribution >= 4 is 23.2 Å². The molecule has 2 aromatic rings. The van der Waals surface area contributed by atoms with Crippen LogP contribution >= 0.6 is 11.3 Å². The van der Waals surface area contributed by atoms with Gasteiger partial charge in [-0.2, -0.15) is 0 Å². The van der Waals surface area contributed by atoms with Crippen LogP contribution in [0.1, 0.15) is 36.3 Å². The first-order valence-corrected chi connectivity index (χ1v) is 7.86. The number of amides is 1. The molecule has 1 aromatic carbocycles. The number of thiazole rings is 1. The van der Waals surface area contributed by atoms with Crippen molar-refractivity contribution < 1.29 is 19.4 Å². The van der Waals surface area contributed by atoms with Crippen LogP contribution < -0.4 is 10.1 Å². The van der Waals surface area contributed by atoms with Crippen molar-refractivity contribution in [2.45, 2.75) is 20.3 Å². The van der Waals surface area contributed by atoms with Gasteiger partial charge in [0.1, 0.15) is 11.4 Å². The average molecular weight is 334 g/mol. The van der Waals surface area contributed by atoms with E-state index in [2.05, 4.69) is 10.3 Å². The van der Waals surface area contributed by atoms with Crippen LogP contribution in [0.2, 0.25) is 0 Å². The highest BCUT2D eigenvalue weighted by atomic mass is 32.1. The summed E-state index contributed by atoms with van der Waals surface area (Å²) in [5.41, 5.74) is 1.47. The number of carbonyl (C=O) groups excluding carboxylic acids is 1. The van der Waals surface area contributed by atoms with Gasteiger partial charge in [-0.25, -0.2) is 9.78 Å². The van der Waals surface area contributed by atoms with E-state index in [4.69, 9.17) is 9.84 Å². The predicted molar refractivity (Wildman–Crippen MR) is 87.6 cm³/mol. The molecule has 0 radical (unpaired) electrons. The Morgan fingerprint density at radius 3 is 2.65 bits per heavy atom. The van der Waals surface area contributed by atoms with Crippen LogP contribution in [0.15, 0.2) is 18.2 Å². The number of ether oxygens (including phenoxy) is 1. The molecule has 0 atom stereocenters. The van der Waals surface area contributed by atoms with Crippen molar-refractivity contribution in [2.75, 3.05) is 13.7 Å². The molecule has 122 valence electrons. The van der Waals surface area contributed by atoms with E-state index in [1.54, 1.807) is 6.07 Å². The van der Waals surface area contributed by atoms with E-state index in [0.717, 1.165) is 15.4 Å². The molecule has 0 saturated heterocycles. The van der Waals surface area contributed by atoms with Crippen molar-refractivity contribution in [3.05, 3.63) is 44.9 Å². The molecule has 1 amide bonds. The van der Waals surface area contributed by atoms with Crippen molar-refractivity contribution in [1.29, 1.82) is 0 Å². The van der Waals surface area contributed by atoms with E-state index in [-0.39, 0.29) is 11.5 Å². The molecule has 0 unspecified atom stereocenters. The first-order chi connectivity index (χ1) is 10.9. The summed E-state index contributed by atoms with van der Waals surface area (Å²) in [6, 6.07) is 4.70. The smallest absolute Gasteiger partial charge is 0.335 e. The Morgan fingerprint density at radius 2 is 2.09 bits per heavy atom. The van der Waals surface area contributed by atoms with E-state index in [1.165, 1.54) is 30.6 Å². The fraction of sp³-hybridized carbons (Fsp3) is 0.312. The molecule has 23 heavy (non-hydrogen) atoms. The zero-order chi connectivity index (χ0) is 17.0. The second-order valence-electron chi connectivity index (χ2n) is 4.98. The number of carboxylic acids is 1. The van der Waals surface area contributed by atoms with Crippen LogP contribution in [-0.4, -0.2) is 35.6 Å². The number of carboxylic acid groups (broad SMARTS) is 1. The first-order valence-electron chi connectivity index (χ1n) is 7.04. The molecule has 1 aromatic heterocycles. The molecule has 0 fully saturated rings. The summed E-state index contributed by atoms with van der Waals surface area (Å²) < 4.78 is 5.21. The first kappa shape index (κ1) is 17.0. The Hall–Kier alpha value is -2.41. The number of methoxy groups -OCH3 is 1. The van der Waals surface area contributed by atoms with E-state index in [9.17, 15) is 9.59 Å². The number of aromatic nitrogens is 1. The minimum Gasteiger partial charge on any atom is -0.496 e. The number of aryl methyl sites for hydroxylation is 2. The SMILES string of the molecule is COc1cc(C(=O)O)ccc1CCNC(=O)c1nc(C)sc1C. The minimum absolute atomic E-state index is 0.170. The third-order valence-corrected chi connectivity index (χ3v) is 4.22. The van der Waals surface area contributed by atoms with Gasteiger partial charge in [-0.05, 0) is 38.0 Å². The summed E-state index contributed by atoms with van der Waals surface area (Å²) in [5, 5.41) is 12.7. The highest BCUT2D eigenvalue weighted by Crippen LogP contribution is 2.21. The summed E-state index contributed by atoms with van der Waals surface area (Å²) in [7, 11) is 1.49. The van der Waals surface area contributed by atoms with Gasteiger partial charge in [-0.3, -0.25) is 4.79 Å². The summed E-state index contributed by atoms with van der Waals surface area (Å²) >= 11 is 1.49. The quantitative estimate of drug-likeness (QED) is 0.847. The molecule has 0 spiro atoms. The molecule has 0 aliphatic rings. The lowest BCUT2D eigenvalue weighted by atomic mass is 10.1. The van der Waals surface area contributed by atoms with E-state index in [0.29, 0.717) is 24.4 Å². The van der Waals surface area contributed by atoms with E-state index in [1.807, 2.05) is 13.8 Å². The largest absolute Gasteiger partial charge is 0.496 e. The van der Waals surface area contributed by atoms with Crippen molar-refractivity contribution in [3.63, 3.8) is 0 Å². The van der Waals surface area contributed by atoms with Gasteiger partial charge in [0.2, 0.25) is 0 Å². The van der Waals surface area contributed by atoms with Gasteiger partial charge in [0.25, 0.3) is 5.91 Å². The summed E-state index contributed by atoms with van der Waals surface area (Å²) in [6.07, 6.45) is 0.539. The summed E-state index contributed by atoms with van der Waals surface area (Å²) in [4.78, 5) is 28.2.